The number of fused-ring (bicyclic) bond motifs is 1. The zero-order valence-electron chi connectivity index (χ0n) is 13.3. The van der Waals surface area contributed by atoms with E-state index >= 15 is 0 Å². The number of nitrogens with zero attached hydrogens (tertiary/aromatic N) is 1. The van der Waals surface area contributed by atoms with Crippen molar-refractivity contribution in [2.24, 2.45) is 11.7 Å². The lowest BCUT2D eigenvalue weighted by Gasteiger charge is -2.24. The lowest BCUT2D eigenvalue weighted by atomic mass is 10.0. The van der Waals surface area contributed by atoms with Crippen molar-refractivity contribution in [3.63, 3.8) is 0 Å². The molecule has 1 aliphatic rings. The molecule has 1 aromatic rings. The summed E-state index contributed by atoms with van der Waals surface area (Å²) in [6.45, 7) is 5.73. The summed E-state index contributed by atoms with van der Waals surface area (Å²) < 4.78 is 0. The van der Waals surface area contributed by atoms with E-state index in [0.717, 1.165) is 45.2 Å². The van der Waals surface area contributed by atoms with Crippen LogP contribution in [0.25, 0.3) is 0 Å². The Bertz CT molecular complexity index is 470. The number of nitrogens with two attached hydrogens (primary N) is 1. The Morgan fingerprint density at radius 1 is 1.24 bits per heavy atom. The molecule has 0 fully saturated rings. The zero-order chi connectivity index (χ0) is 15.2. The summed E-state index contributed by atoms with van der Waals surface area (Å²) in [5.41, 5.74) is 8.49. The SMILES string of the molecule is CC(N)CCCC(C)C(=O)N1CCCc2ccccc2C1. The standard InChI is InChI=1S/C18H28N2O/c1-14(7-5-8-15(2)19)18(21)20-12-6-11-16-9-3-4-10-17(16)13-20/h3-4,9-10,14-15H,5-8,11-13,19H2,1-2H3. The summed E-state index contributed by atoms with van der Waals surface area (Å²) in [7, 11) is 0. The minimum absolute atomic E-state index is 0.106. The van der Waals surface area contributed by atoms with Gasteiger partial charge in [0, 0.05) is 25.0 Å². The first-order valence-corrected chi connectivity index (χ1v) is 8.19. The molecule has 3 nitrogen and oxygen atoms in total. The van der Waals surface area contributed by atoms with Crippen LogP contribution in [0, 0.1) is 5.92 Å². The molecule has 3 heteroatoms. The summed E-state index contributed by atoms with van der Waals surface area (Å²) >= 11 is 0. The Morgan fingerprint density at radius 2 is 1.95 bits per heavy atom. The van der Waals surface area contributed by atoms with Gasteiger partial charge in [0.1, 0.15) is 0 Å². The minimum Gasteiger partial charge on any atom is -0.338 e. The van der Waals surface area contributed by atoms with E-state index in [0.29, 0.717) is 5.91 Å². The average Bonchev–Trinajstić information content (AvgIpc) is 2.68. The van der Waals surface area contributed by atoms with Crippen LogP contribution >= 0.6 is 0 Å². The topological polar surface area (TPSA) is 46.3 Å². The Balaban J connectivity index is 1.93. The van der Waals surface area contributed by atoms with Crippen molar-refractivity contribution in [1.29, 1.82) is 0 Å². The highest BCUT2D eigenvalue weighted by molar-refractivity contribution is 5.78. The highest BCUT2D eigenvalue weighted by Crippen LogP contribution is 2.21. The predicted octanol–water partition coefficient (Wildman–Crippen LogP) is 3.12. The van der Waals surface area contributed by atoms with Gasteiger partial charge in [-0.1, -0.05) is 37.6 Å². The van der Waals surface area contributed by atoms with Gasteiger partial charge in [-0.15, -0.1) is 0 Å². The maximum atomic E-state index is 12.6. The monoisotopic (exact) mass is 288 g/mol. The molecule has 1 heterocycles. The van der Waals surface area contributed by atoms with Gasteiger partial charge in [0.25, 0.3) is 0 Å². The Kier molecular flexibility index (Phi) is 5.80. The number of hydrogen-bond acceptors (Lipinski definition) is 2. The maximum Gasteiger partial charge on any atom is 0.225 e. The molecule has 1 aromatic carbocycles. The molecule has 0 radical (unpaired) electrons. The lowest BCUT2D eigenvalue weighted by molar-refractivity contribution is -0.135. The first kappa shape index (κ1) is 16.0. The van der Waals surface area contributed by atoms with E-state index in [4.69, 9.17) is 5.73 Å². The molecule has 2 unspecified atom stereocenters. The molecule has 2 rings (SSSR count). The quantitative estimate of drug-likeness (QED) is 0.905. The second-order valence-electron chi connectivity index (χ2n) is 6.44. The Hall–Kier alpha value is -1.35. The highest BCUT2D eigenvalue weighted by Gasteiger charge is 2.22. The third-order valence-corrected chi connectivity index (χ3v) is 4.38. The van der Waals surface area contributed by atoms with Gasteiger partial charge < -0.3 is 10.6 Å². The summed E-state index contributed by atoms with van der Waals surface area (Å²) in [6, 6.07) is 8.74. The van der Waals surface area contributed by atoms with E-state index in [1.54, 1.807) is 0 Å². The van der Waals surface area contributed by atoms with E-state index in [9.17, 15) is 4.79 Å². The molecule has 0 aromatic heterocycles. The molecule has 0 saturated carbocycles. The van der Waals surface area contributed by atoms with Gasteiger partial charge in [-0.25, -0.2) is 0 Å². The Morgan fingerprint density at radius 3 is 2.67 bits per heavy atom. The second-order valence-corrected chi connectivity index (χ2v) is 6.44. The van der Waals surface area contributed by atoms with Crippen LogP contribution in [0.2, 0.25) is 0 Å². The van der Waals surface area contributed by atoms with Crippen molar-refractivity contribution in [2.45, 2.75) is 58.5 Å². The molecule has 0 bridgehead atoms. The smallest absolute Gasteiger partial charge is 0.225 e. The molecule has 1 amide bonds. The number of amides is 1. The van der Waals surface area contributed by atoms with Crippen LogP contribution in [0.15, 0.2) is 24.3 Å². The number of carbonyl (C=O) groups excluding carboxylic acids is 1. The van der Waals surface area contributed by atoms with Gasteiger partial charge in [-0.3, -0.25) is 4.79 Å². The Labute approximate surface area is 128 Å². The zero-order valence-corrected chi connectivity index (χ0v) is 13.3. The van der Waals surface area contributed by atoms with Crippen molar-refractivity contribution < 1.29 is 4.79 Å². The fraction of sp³-hybridized carbons (Fsp3) is 0.611. The van der Waals surface area contributed by atoms with Crippen molar-refractivity contribution >= 4 is 5.91 Å². The van der Waals surface area contributed by atoms with Gasteiger partial charge in [-0.05, 0) is 43.7 Å². The third-order valence-electron chi connectivity index (χ3n) is 4.38. The first-order valence-electron chi connectivity index (χ1n) is 8.19. The van der Waals surface area contributed by atoms with Crippen molar-refractivity contribution in [3.05, 3.63) is 35.4 Å². The molecule has 2 atom stereocenters. The van der Waals surface area contributed by atoms with Crippen molar-refractivity contribution in [1.82, 2.24) is 4.90 Å². The second kappa shape index (κ2) is 7.60. The lowest BCUT2D eigenvalue weighted by Crippen LogP contribution is -2.35. The van der Waals surface area contributed by atoms with Gasteiger partial charge in [0.2, 0.25) is 5.91 Å². The molecule has 2 N–H and O–H groups in total. The predicted molar refractivity (Wildman–Crippen MR) is 86.8 cm³/mol. The highest BCUT2D eigenvalue weighted by atomic mass is 16.2. The largest absolute Gasteiger partial charge is 0.338 e. The van der Waals surface area contributed by atoms with Gasteiger partial charge in [-0.2, -0.15) is 0 Å². The van der Waals surface area contributed by atoms with E-state index in [-0.39, 0.29) is 12.0 Å². The fourth-order valence-electron chi connectivity index (χ4n) is 3.07. The molecule has 116 valence electrons. The number of hydrogen-bond donors (Lipinski definition) is 1. The minimum atomic E-state index is 0.106. The van der Waals surface area contributed by atoms with Gasteiger partial charge in [0.15, 0.2) is 0 Å². The normalized spacial score (nSPS) is 17.8. The van der Waals surface area contributed by atoms with E-state index < -0.39 is 0 Å². The van der Waals surface area contributed by atoms with Crippen LogP contribution in [0.5, 0.6) is 0 Å². The molecular formula is C18H28N2O. The summed E-state index contributed by atoms with van der Waals surface area (Å²) in [5.74, 6) is 0.408. The summed E-state index contributed by atoms with van der Waals surface area (Å²) in [6.07, 6.45) is 5.13. The molecule has 0 spiro atoms. The van der Waals surface area contributed by atoms with Gasteiger partial charge in [0.05, 0.1) is 0 Å². The van der Waals surface area contributed by atoms with E-state index in [2.05, 4.69) is 31.2 Å². The summed E-state index contributed by atoms with van der Waals surface area (Å²) in [5, 5.41) is 0. The maximum absolute atomic E-state index is 12.6. The van der Waals surface area contributed by atoms with Crippen LogP contribution in [-0.4, -0.2) is 23.4 Å². The number of benzene rings is 1. The first-order chi connectivity index (χ1) is 10.1. The number of rotatable bonds is 5. The van der Waals surface area contributed by atoms with Crippen LogP contribution < -0.4 is 5.73 Å². The van der Waals surface area contributed by atoms with E-state index in [1.807, 2.05) is 11.8 Å². The molecule has 0 saturated heterocycles. The van der Waals surface area contributed by atoms with Crippen LogP contribution in [0.4, 0.5) is 0 Å². The molecule has 21 heavy (non-hydrogen) atoms. The fourth-order valence-corrected chi connectivity index (χ4v) is 3.07. The van der Waals surface area contributed by atoms with E-state index in [1.165, 1.54) is 11.1 Å². The molecule has 1 aliphatic heterocycles. The van der Waals surface area contributed by atoms with Crippen LogP contribution in [0.1, 0.15) is 50.7 Å². The summed E-state index contributed by atoms with van der Waals surface area (Å²) in [4.78, 5) is 14.7. The van der Waals surface area contributed by atoms with Crippen molar-refractivity contribution in [2.75, 3.05) is 6.54 Å². The van der Waals surface area contributed by atoms with Gasteiger partial charge >= 0.3 is 0 Å². The average molecular weight is 288 g/mol. The van der Waals surface area contributed by atoms with Crippen LogP contribution in [-0.2, 0) is 17.8 Å². The molecular weight excluding hydrogens is 260 g/mol. The number of aryl methyl sites for hydroxylation is 1. The number of carbonyl (C=O) groups is 1. The van der Waals surface area contributed by atoms with Crippen LogP contribution in [0.3, 0.4) is 0 Å². The molecule has 0 aliphatic carbocycles. The van der Waals surface area contributed by atoms with Crippen molar-refractivity contribution in [3.8, 4) is 0 Å². The third kappa shape index (κ3) is 4.57.